The zero-order valence-electron chi connectivity index (χ0n) is 9.93. The number of nitrogens with two attached hydrogens (primary N) is 1. The average molecular weight is 244 g/mol. The summed E-state index contributed by atoms with van der Waals surface area (Å²) in [6.07, 6.45) is 0. The van der Waals surface area contributed by atoms with Crippen LogP contribution in [0.1, 0.15) is 5.56 Å². The summed E-state index contributed by atoms with van der Waals surface area (Å²) in [5.41, 5.74) is 6.74. The van der Waals surface area contributed by atoms with Gasteiger partial charge in [0.2, 0.25) is 0 Å². The van der Waals surface area contributed by atoms with Crippen molar-refractivity contribution in [1.29, 1.82) is 0 Å². The smallest absolute Gasteiger partial charge is 0.149 e. The summed E-state index contributed by atoms with van der Waals surface area (Å²) in [6, 6.07) is 13.5. The Hall–Kier alpha value is -2.36. The van der Waals surface area contributed by atoms with Crippen LogP contribution in [-0.4, -0.2) is 12.9 Å². The molecule has 3 nitrogen and oxygen atoms in total. The highest BCUT2D eigenvalue weighted by atomic mass is 19.1. The van der Waals surface area contributed by atoms with Crippen molar-refractivity contribution < 1.29 is 9.13 Å². The summed E-state index contributed by atoms with van der Waals surface area (Å²) in [5, 5.41) is 0. The van der Waals surface area contributed by atoms with Gasteiger partial charge in [-0.3, -0.25) is 0 Å². The van der Waals surface area contributed by atoms with Gasteiger partial charge in [-0.1, -0.05) is 30.3 Å². The van der Waals surface area contributed by atoms with Gasteiger partial charge in [-0.25, -0.2) is 9.38 Å². The fourth-order valence-electron chi connectivity index (χ4n) is 1.51. The lowest BCUT2D eigenvalue weighted by atomic mass is 10.2. The third-order valence-electron chi connectivity index (χ3n) is 2.46. The monoisotopic (exact) mass is 244 g/mol. The van der Waals surface area contributed by atoms with Crippen molar-refractivity contribution in [1.82, 2.24) is 0 Å². The Bertz CT molecular complexity index is 567. The molecule has 92 valence electrons. The van der Waals surface area contributed by atoms with Gasteiger partial charge in [0, 0.05) is 11.6 Å². The molecule has 2 N–H and O–H groups in total. The Kier molecular flexibility index (Phi) is 3.57. The standard InChI is InChI=1S/C14H13FN2O/c1-18-11-7-8-12(15)13(9-11)17-14(16)10-5-3-2-4-6-10/h2-9H,1H3,(H2,16,17). The number of hydrogen-bond donors (Lipinski definition) is 1. The molecule has 4 heteroatoms. The van der Waals surface area contributed by atoms with E-state index in [1.807, 2.05) is 30.3 Å². The van der Waals surface area contributed by atoms with E-state index >= 15 is 0 Å². The maximum atomic E-state index is 13.6. The number of halogens is 1. The second kappa shape index (κ2) is 5.31. The van der Waals surface area contributed by atoms with E-state index in [1.165, 1.54) is 25.3 Å². The molecule has 0 aliphatic rings. The Balaban J connectivity index is 2.38. The van der Waals surface area contributed by atoms with Crippen LogP contribution in [0.15, 0.2) is 53.5 Å². The van der Waals surface area contributed by atoms with Crippen molar-refractivity contribution >= 4 is 11.5 Å². The molecule has 0 unspecified atom stereocenters. The van der Waals surface area contributed by atoms with Gasteiger partial charge in [-0.15, -0.1) is 0 Å². The number of rotatable bonds is 3. The van der Waals surface area contributed by atoms with Crippen LogP contribution in [0.5, 0.6) is 5.75 Å². The van der Waals surface area contributed by atoms with Crippen molar-refractivity contribution in [3.63, 3.8) is 0 Å². The molecule has 0 atom stereocenters. The second-order valence-corrected chi connectivity index (χ2v) is 3.68. The quantitative estimate of drug-likeness (QED) is 0.666. The summed E-state index contributed by atoms with van der Waals surface area (Å²) in [5.74, 6) is 0.369. The van der Waals surface area contributed by atoms with E-state index < -0.39 is 5.82 Å². The van der Waals surface area contributed by atoms with Gasteiger partial charge in [-0.2, -0.15) is 0 Å². The Morgan fingerprint density at radius 3 is 2.56 bits per heavy atom. The Labute approximate surface area is 105 Å². The lowest BCUT2D eigenvalue weighted by Gasteiger charge is -2.04. The van der Waals surface area contributed by atoms with Crippen LogP contribution in [0.3, 0.4) is 0 Å². The highest BCUT2D eigenvalue weighted by Gasteiger charge is 2.04. The van der Waals surface area contributed by atoms with E-state index in [4.69, 9.17) is 10.5 Å². The Morgan fingerprint density at radius 2 is 1.89 bits per heavy atom. The minimum Gasteiger partial charge on any atom is -0.497 e. The van der Waals surface area contributed by atoms with Crippen molar-refractivity contribution in [2.24, 2.45) is 10.7 Å². The molecular weight excluding hydrogens is 231 g/mol. The molecule has 0 spiro atoms. The van der Waals surface area contributed by atoms with Crippen LogP contribution in [0.2, 0.25) is 0 Å². The molecule has 0 saturated carbocycles. The van der Waals surface area contributed by atoms with Crippen LogP contribution >= 0.6 is 0 Å². The van der Waals surface area contributed by atoms with E-state index in [0.717, 1.165) is 5.56 Å². The largest absolute Gasteiger partial charge is 0.497 e. The first kappa shape index (κ1) is 12.1. The van der Waals surface area contributed by atoms with Crippen LogP contribution in [0.25, 0.3) is 0 Å². The first-order valence-electron chi connectivity index (χ1n) is 5.44. The van der Waals surface area contributed by atoms with Crippen LogP contribution in [0.4, 0.5) is 10.1 Å². The number of amidine groups is 1. The summed E-state index contributed by atoms with van der Waals surface area (Å²) < 4.78 is 18.6. The summed E-state index contributed by atoms with van der Waals surface area (Å²) in [6.45, 7) is 0. The molecule has 0 aromatic heterocycles. The minimum absolute atomic E-state index is 0.163. The molecule has 0 fully saturated rings. The molecule has 0 heterocycles. The van der Waals surface area contributed by atoms with E-state index in [9.17, 15) is 4.39 Å². The number of nitrogens with zero attached hydrogens (tertiary/aromatic N) is 1. The van der Waals surface area contributed by atoms with Crippen LogP contribution < -0.4 is 10.5 Å². The first-order valence-corrected chi connectivity index (χ1v) is 5.44. The molecule has 2 aromatic rings. The zero-order valence-corrected chi connectivity index (χ0v) is 9.93. The van der Waals surface area contributed by atoms with Gasteiger partial charge < -0.3 is 10.5 Å². The summed E-state index contributed by atoms with van der Waals surface area (Å²) in [4.78, 5) is 4.08. The topological polar surface area (TPSA) is 47.6 Å². The highest BCUT2D eigenvalue weighted by Crippen LogP contribution is 2.24. The van der Waals surface area contributed by atoms with Crippen molar-refractivity contribution in [3.05, 3.63) is 59.9 Å². The van der Waals surface area contributed by atoms with Crippen LogP contribution in [0, 0.1) is 5.82 Å². The molecule has 18 heavy (non-hydrogen) atoms. The third kappa shape index (κ3) is 2.66. The molecule has 2 rings (SSSR count). The van der Waals surface area contributed by atoms with Crippen molar-refractivity contribution in [3.8, 4) is 5.75 Å². The molecule has 0 aliphatic carbocycles. The fraction of sp³-hybridized carbons (Fsp3) is 0.0714. The summed E-state index contributed by atoms with van der Waals surface area (Å²) >= 11 is 0. The van der Waals surface area contributed by atoms with Crippen molar-refractivity contribution in [2.75, 3.05) is 7.11 Å². The Morgan fingerprint density at radius 1 is 1.17 bits per heavy atom. The van der Waals surface area contributed by atoms with Gasteiger partial charge in [0.25, 0.3) is 0 Å². The van der Waals surface area contributed by atoms with Gasteiger partial charge in [-0.05, 0) is 12.1 Å². The molecule has 0 radical (unpaired) electrons. The van der Waals surface area contributed by atoms with Crippen molar-refractivity contribution in [2.45, 2.75) is 0 Å². The first-order chi connectivity index (χ1) is 8.70. The number of hydrogen-bond acceptors (Lipinski definition) is 2. The molecule has 0 amide bonds. The zero-order chi connectivity index (χ0) is 13.0. The van der Waals surface area contributed by atoms with E-state index in [0.29, 0.717) is 5.75 Å². The number of aliphatic imine (C=N–C) groups is 1. The van der Waals surface area contributed by atoms with Gasteiger partial charge in [0.1, 0.15) is 23.1 Å². The third-order valence-corrected chi connectivity index (χ3v) is 2.46. The normalized spacial score (nSPS) is 11.3. The molecule has 0 saturated heterocycles. The summed E-state index contributed by atoms with van der Waals surface area (Å²) in [7, 11) is 1.52. The predicted molar refractivity (Wildman–Crippen MR) is 69.8 cm³/mol. The highest BCUT2D eigenvalue weighted by molar-refractivity contribution is 5.99. The number of methoxy groups -OCH3 is 1. The molecule has 0 bridgehead atoms. The van der Waals surface area contributed by atoms with Crippen LogP contribution in [-0.2, 0) is 0 Å². The minimum atomic E-state index is -0.435. The maximum Gasteiger partial charge on any atom is 0.149 e. The van der Waals surface area contributed by atoms with E-state index in [2.05, 4.69) is 4.99 Å². The van der Waals surface area contributed by atoms with E-state index in [-0.39, 0.29) is 11.5 Å². The van der Waals surface area contributed by atoms with E-state index in [1.54, 1.807) is 0 Å². The van der Waals surface area contributed by atoms with Gasteiger partial charge >= 0.3 is 0 Å². The number of ether oxygens (including phenoxy) is 1. The maximum absolute atomic E-state index is 13.6. The molecule has 0 aliphatic heterocycles. The average Bonchev–Trinajstić information content (AvgIpc) is 2.42. The van der Waals surface area contributed by atoms with Gasteiger partial charge in [0.05, 0.1) is 7.11 Å². The SMILES string of the molecule is COc1ccc(F)c(N=C(N)c2ccccc2)c1. The lowest BCUT2D eigenvalue weighted by molar-refractivity contribution is 0.414. The number of benzene rings is 2. The van der Waals surface area contributed by atoms with Gasteiger partial charge in [0.15, 0.2) is 0 Å². The molecular formula is C14H13FN2O. The predicted octanol–water partition coefficient (Wildman–Crippen LogP) is 2.87. The second-order valence-electron chi connectivity index (χ2n) is 3.68. The fourth-order valence-corrected chi connectivity index (χ4v) is 1.51. The molecule has 2 aromatic carbocycles. The lowest BCUT2D eigenvalue weighted by Crippen LogP contribution is -2.12.